The number of hydrogen-bond donors (Lipinski definition) is 0. The van der Waals surface area contributed by atoms with Crippen LogP contribution in [0.4, 0.5) is 5.69 Å². The fourth-order valence-corrected chi connectivity index (χ4v) is 5.99. The molecule has 1 aromatic carbocycles. The van der Waals surface area contributed by atoms with E-state index in [1.165, 1.54) is 56.2 Å². The van der Waals surface area contributed by atoms with Gasteiger partial charge in [0.2, 0.25) is 0 Å². The van der Waals surface area contributed by atoms with E-state index in [2.05, 4.69) is 71.6 Å². The highest BCUT2D eigenvalue weighted by molar-refractivity contribution is 5.64. The second kappa shape index (κ2) is 7.21. The summed E-state index contributed by atoms with van der Waals surface area (Å²) in [5.41, 5.74) is 5.33. The number of hydrogen-bond acceptors (Lipinski definition) is 1. The van der Waals surface area contributed by atoms with Gasteiger partial charge in [-0.15, -0.1) is 0 Å². The fraction of sp³-hybridized carbons (Fsp3) is 0.760. The Morgan fingerprint density at radius 1 is 0.885 bits per heavy atom. The summed E-state index contributed by atoms with van der Waals surface area (Å²) < 4.78 is 0. The third-order valence-corrected chi connectivity index (χ3v) is 7.29. The average Bonchev–Trinajstić information content (AvgIpc) is 2.85. The van der Waals surface area contributed by atoms with Gasteiger partial charge in [-0.25, -0.2) is 0 Å². The maximum absolute atomic E-state index is 2.81. The minimum absolute atomic E-state index is 0.237. The van der Waals surface area contributed by atoms with Crippen LogP contribution in [-0.2, 0) is 0 Å². The molecule has 0 aromatic heterocycles. The van der Waals surface area contributed by atoms with Gasteiger partial charge in [0.15, 0.2) is 0 Å². The van der Waals surface area contributed by atoms with Crippen LogP contribution >= 0.6 is 0 Å². The molecule has 1 aromatic rings. The molecule has 3 rings (SSSR count). The average molecular weight is 356 g/mol. The van der Waals surface area contributed by atoms with Crippen LogP contribution in [0.25, 0.3) is 0 Å². The van der Waals surface area contributed by atoms with E-state index < -0.39 is 0 Å². The quantitative estimate of drug-likeness (QED) is 0.540. The van der Waals surface area contributed by atoms with Crippen molar-refractivity contribution in [1.82, 2.24) is 0 Å². The standard InChI is InChI=1S/C25H41N/c1-18(2)21-14-11-15-22(19(3)4)23(21)26-17-25(7,16-24(26,5)6)20-12-9-8-10-13-20/h11,14-15,18-20H,8-10,12-13,16-17H2,1-7H3/t25-/m0/s1. The molecule has 0 amide bonds. The molecule has 1 heteroatoms. The number of benzene rings is 1. The smallest absolute Gasteiger partial charge is 0.0441 e. The molecule has 1 atom stereocenters. The van der Waals surface area contributed by atoms with E-state index in [4.69, 9.17) is 0 Å². The zero-order valence-corrected chi connectivity index (χ0v) is 18.4. The Hall–Kier alpha value is -0.980. The van der Waals surface area contributed by atoms with Gasteiger partial charge in [-0.05, 0) is 67.4 Å². The van der Waals surface area contributed by atoms with E-state index in [0.29, 0.717) is 17.3 Å². The maximum atomic E-state index is 2.81. The number of anilines is 1. The summed E-state index contributed by atoms with van der Waals surface area (Å²) >= 11 is 0. The fourth-order valence-electron chi connectivity index (χ4n) is 5.99. The SMILES string of the molecule is CC(C)c1cccc(C(C)C)c1N1C[C@@](C)(C2CCCCC2)CC1(C)C. The molecule has 26 heavy (non-hydrogen) atoms. The lowest BCUT2D eigenvalue weighted by Crippen LogP contribution is -2.40. The van der Waals surface area contributed by atoms with Crippen LogP contribution in [0.5, 0.6) is 0 Å². The van der Waals surface area contributed by atoms with E-state index in [-0.39, 0.29) is 5.54 Å². The van der Waals surface area contributed by atoms with E-state index in [0.717, 1.165) is 5.92 Å². The molecule has 1 heterocycles. The maximum Gasteiger partial charge on any atom is 0.0441 e. The Labute approximate surface area is 162 Å². The lowest BCUT2D eigenvalue weighted by Gasteiger charge is -2.38. The molecule has 1 saturated heterocycles. The van der Waals surface area contributed by atoms with Crippen LogP contribution in [-0.4, -0.2) is 12.1 Å². The van der Waals surface area contributed by atoms with Crippen molar-refractivity contribution in [3.63, 3.8) is 0 Å². The Morgan fingerprint density at radius 3 is 1.92 bits per heavy atom. The topological polar surface area (TPSA) is 3.24 Å². The highest BCUT2D eigenvalue weighted by atomic mass is 15.2. The zero-order valence-electron chi connectivity index (χ0n) is 18.4. The van der Waals surface area contributed by atoms with Crippen molar-refractivity contribution in [3.05, 3.63) is 29.3 Å². The Kier molecular flexibility index (Phi) is 5.48. The largest absolute Gasteiger partial charge is 0.365 e. The van der Waals surface area contributed by atoms with E-state index in [1.54, 1.807) is 5.69 Å². The van der Waals surface area contributed by atoms with Gasteiger partial charge in [-0.3, -0.25) is 0 Å². The van der Waals surface area contributed by atoms with Gasteiger partial charge in [0.1, 0.15) is 0 Å². The van der Waals surface area contributed by atoms with Crippen molar-refractivity contribution in [2.75, 3.05) is 11.4 Å². The lowest BCUT2D eigenvalue weighted by atomic mass is 9.67. The molecule has 146 valence electrons. The Morgan fingerprint density at radius 2 is 1.42 bits per heavy atom. The number of nitrogens with zero attached hydrogens (tertiary/aromatic N) is 1. The predicted octanol–water partition coefficient (Wildman–Crippen LogP) is 7.51. The minimum atomic E-state index is 0.237. The minimum Gasteiger partial charge on any atom is -0.365 e. The van der Waals surface area contributed by atoms with Gasteiger partial charge >= 0.3 is 0 Å². The van der Waals surface area contributed by atoms with Gasteiger partial charge in [0, 0.05) is 17.8 Å². The van der Waals surface area contributed by atoms with Crippen LogP contribution in [0.3, 0.4) is 0 Å². The van der Waals surface area contributed by atoms with Crippen molar-refractivity contribution in [2.45, 2.75) is 104 Å². The third kappa shape index (κ3) is 3.56. The summed E-state index contributed by atoms with van der Waals surface area (Å²) in [6.07, 6.45) is 8.57. The highest BCUT2D eigenvalue weighted by Crippen LogP contribution is 2.53. The first-order chi connectivity index (χ1) is 12.2. The van der Waals surface area contributed by atoms with E-state index >= 15 is 0 Å². The van der Waals surface area contributed by atoms with Crippen molar-refractivity contribution in [2.24, 2.45) is 11.3 Å². The first kappa shape index (κ1) is 19.8. The molecule has 1 aliphatic heterocycles. The van der Waals surface area contributed by atoms with E-state index in [1.807, 2.05) is 0 Å². The molecule has 2 aliphatic rings. The van der Waals surface area contributed by atoms with Crippen molar-refractivity contribution in [1.29, 1.82) is 0 Å². The first-order valence-corrected chi connectivity index (χ1v) is 11.1. The highest BCUT2D eigenvalue weighted by Gasteiger charge is 2.50. The molecule has 0 N–H and O–H groups in total. The van der Waals surface area contributed by atoms with Gasteiger partial charge < -0.3 is 4.90 Å². The molecule has 1 aliphatic carbocycles. The summed E-state index contributed by atoms with van der Waals surface area (Å²) in [6.45, 7) is 18.2. The molecule has 0 radical (unpaired) electrons. The van der Waals surface area contributed by atoms with Gasteiger partial charge in [-0.1, -0.05) is 72.1 Å². The second-order valence-electron chi connectivity index (χ2n) is 10.7. The molecular weight excluding hydrogens is 314 g/mol. The van der Waals surface area contributed by atoms with Gasteiger partial charge in [-0.2, -0.15) is 0 Å². The second-order valence-corrected chi connectivity index (χ2v) is 10.7. The molecule has 0 bridgehead atoms. The molecule has 1 nitrogen and oxygen atoms in total. The molecule has 1 saturated carbocycles. The van der Waals surface area contributed by atoms with Crippen LogP contribution in [0.15, 0.2) is 18.2 Å². The normalized spacial score (nSPS) is 26.9. The summed E-state index contributed by atoms with van der Waals surface area (Å²) in [4.78, 5) is 2.81. The summed E-state index contributed by atoms with van der Waals surface area (Å²) in [5.74, 6) is 2.05. The Balaban J connectivity index is 2.03. The molecule has 2 fully saturated rings. The summed E-state index contributed by atoms with van der Waals surface area (Å²) in [7, 11) is 0. The summed E-state index contributed by atoms with van der Waals surface area (Å²) in [6, 6.07) is 7.02. The molecule has 0 spiro atoms. The van der Waals surface area contributed by atoms with Crippen molar-refractivity contribution >= 4 is 5.69 Å². The first-order valence-electron chi connectivity index (χ1n) is 11.1. The predicted molar refractivity (Wildman–Crippen MR) is 115 cm³/mol. The van der Waals surface area contributed by atoms with Crippen LogP contribution in [0, 0.1) is 11.3 Å². The summed E-state index contributed by atoms with van der Waals surface area (Å²) in [5, 5.41) is 0. The van der Waals surface area contributed by atoms with Gasteiger partial charge in [0.25, 0.3) is 0 Å². The van der Waals surface area contributed by atoms with Crippen LogP contribution < -0.4 is 4.90 Å². The van der Waals surface area contributed by atoms with Gasteiger partial charge in [0.05, 0.1) is 0 Å². The number of rotatable bonds is 4. The molecular formula is C25H41N. The van der Waals surface area contributed by atoms with Crippen LogP contribution in [0.2, 0.25) is 0 Å². The number of para-hydroxylation sites is 1. The van der Waals surface area contributed by atoms with Crippen molar-refractivity contribution in [3.8, 4) is 0 Å². The lowest BCUT2D eigenvalue weighted by molar-refractivity contribution is 0.151. The zero-order chi connectivity index (χ0) is 19.1. The van der Waals surface area contributed by atoms with E-state index in [9.17, 15) is 0 Å². The van der Waals surface area contributed by atoms with Crippen LogP contribution in [0.1, 0.15) is 110 Å². The Bertz CT molecular complexity index is 595. The molecule has 0 unspecified atom stereocenters. The van der Waals surface area contributed by atoms with Crippen molar-refractivity contribution < 1.29 is 0 Å². The monoisotopic (exact) mass is 355 g/mol. The third-order valence-electron chi connectivity index (χ3n) is 7.29.